The Hall–Kier alpha value is -2.80. The Morgan fingerprint density at radius 3 is 2.61 bits per heavy atom. The summed E-state index contributed by atoms with van der Waals surface area (Å²) in [4.78, 5) is 20.3. The monoisotopic (exact) mass is 420 g/mol. The van der Waals surface area contributed by atoms with Crippen LogP contribution < -0.4 is 5.32 Å². The molecule has 0 spiro atoms. The number of pyridine rings is 1. The van der Waals surface area contributed by atoms with Crippen LogP contribution in [0.4, 0.5) is 5.82 Å². The van der Waals surface area contributed by atoms with Crippen molar-refractivity contribution in [3.8, 4) is 11.3 Å². The van der Waals surface area contributed by atoms with E-state index in [0.29, 0.717) is 11.7 Å². The van der Waals surface area contributed by atoms with Crippen LogP contribution in [0, 0.1) is 11.3 Å². The summed E-state index contributed by atoms with van der Waals surface area (Å²) in [5, 5.41) is 13.4. The molecule has 1 aliphatic heterocycles. The van der Waals surface area contributed by atoms with Crippen molar-refractivity contribution in [2.75, 3.05) is 25.0 Å². The zero-order valence-electron chi connectivity index (χ0n) is 18.9. The van der Waals surface area contributed by atoms with E-state index in [1.807, 2.05) is 37.6 Å². The Morgan fingerprint density at radius 1 is 1.19 bits per heavy atom. The first-order chi connectivity index (χ1) is 14.9. The van der Waals surface area contributed by atoms with Crippen LogP contribution in [0.5, 0.6) is 0 Å². The second kappa shape index (κ2) is 8.75. The van der Waals surface area contributed by atoms with Gasteiger partial charge in [-0.3, -0.25) is 9.48 Å². The maximum atomic E-state index is 13.3. The molecule has 0 atom stereocenters. The van der Waals surface area contributed by atoms with Crippen molar-refractivity contribution >= 4 is 22.5 Å². The summed E-state index contributed by atoms with van der Waals surface area (Å²) in [6.45, 7) is 9.67. The zero-order chi connectivity index (χ0) is 22.0. The van der Waals surface area contributed by atoms with Gasteiger partial charge in [-0.15, -0.1) is 5.10 Å². The summed E-state index contributed by atoms with van der Waals surface area (Å²) in [7, 11) is 1.85. The lowest BCUT2D eigenvalue weighted by Gasteiger charge is -2.40. The summed E-state index contributed by atoms with van der Waals surface area (Å²) in [6.07, 6.45) is 6.34. The molecule has 1 saturated heterocycles. The van der Waals surface area contributed by atoms with Gasteiger partial charge in [0.25, 0.3) is 0 Å². The number of hydrogen-bond acceptors (Lipinski definition) is 5. The van der Waals surface area contributed by atoms with Crippen LogP contribution in [0.25, 0.3) is 22.0 Å². The topological polar surface area (TPSA) is 75.9 Å². The SMILES string of the molecule is CCC1(C(=O)Nc2cc3cc(-c4cn(C)nn4)ccc3cn2)CCN(CC(C)C)CC1. The molecule has 1 N–H and O–H groups in total. The highest BCUT2D eigenvalue weighted by atomic mass is 16.2. The van der Waals surface area contributed by atoms with Gasteiger partial charge in [-0.1, -0.05) is 38.1 Å². The first kappa shape index (κ1) is 21.4. The molecule has 3 aromatic rings. The molecule has 3 heterocycles. The maximum Gasteiger partial charge on any atom is 0.231 e. The number of fused-ring (bicyclic) bond motifs is 1. The van der Waals surface area contributed by atoms with Crippen molar-refractivity contribution in [1.29, 1.82) is 0 Å². The third-order valence-electron chi connectivity index (χ3n) is 6.46. The van der Waals surface area contributed by atoms with Gasteiger partial charge in [0, 0.05) is 30.7 Å². The Bertz CT molecular complexity index is 1060. The Morgan fingerprint density at radius 2 is 1.97 bits per heavy atom. The summed E-state index contributed by atoms with van der Waals surface area (Å²) in [6, 6.07) is 8.06. The predicted molar refractivity (Wildman–Crippen MR) is 124 cm³/mol. The largest absolute Gasteiger partial charge is 0.310 e. The van der Waals surface area contributed by atoms with Gasteiger partial charge in [-0.25, -0.2) is 4.98 Å². The van der Waals surface area contributed by atoms with E-state index in [1.165, 1.54) is 0 Å². The van der Waals surface area contributed by atoms with Crippen molar-refractivity contribution < 1.29 is 4.79 Å². The number of aromatic nitrogens is 4. The number of carbonyl (C=O) groups excluding carboxylic acids is 1. The number of hydrogen-bond donors (Lipinski definition) is 1. The van der Waals surface area contributed by atoms with E-state index in [-0.39, 0.29) is 11.3 Å². The maximum absolute atomic E-state index is 13.3. The Kier molecular flexibility index (Phi) is 6.05. The van der Waals surface area contributed by atoms with Crippen molar-refractivity contribution in [1.82, 2.24) is 24.9 Å². The van der Waals surface area contributed by atoms with Gasteiger partial charge in [0.2, 0.25) is 5.91 Å². The van der Waals surface area contributed by atoms with E-state index in [2.05, 4.69) is 52.4 Å². The molecule has 0 bridgehead atoms. The number of carbonyl (C=O) groups is 1. The number of nitrogens with zero attached hydrogens (tertiary/aromatic N) is 5. The molecule has 0 saturated carbocycles. The van der Waals surface area contributed by atoms with Crippen LogP contribution in [0.3, 0.4) is 0 Å². The molecule has 4 rings (SSSR count). The van der Waals surface area contributed by atoms with Gasteiger partial charge in [0.1, 0.15) is 11.5 Å². The third-order valence-corrected chi connectivity index (χ3v) is 6.46. The molecule has 1 aliphatic rings. The molecule has 31 heavy (non-hydrogen) atoms. The standard InChI is InChI=1S/C24H32N6O/c1-5-24(8-10-30(11-9-24)15-17(2)3)23(31)26-22-13-20-12-18(6-7-19(20)14-25-22)21-16-29(4)28-27-21/h6-7,12-14,16-17H,5,8-11,15H2,1-4H3,(H,25,26,31). The molecule has 7 heteroatoms. The molecule has 1 fully saturated rings. The van der Waals surface area contributed by atoms with E-state index < -0.39 is 0 Å². The molecule has 0 aliphatic carbocycles. The molecule has 2 aromatic heterocycles. The number of amides is 1. The molecule has 164 valence electrons. The van der Waals surface area contributed by atoms with Crippen molar-refractivity contribution in [3.63, 3.8) is 0 Å². The van der Waals surface area contributed by atoms with Crippen molar-refractivity contribution in [2.24, 2.45) is 18.4 Å². The normalized spacial score (nSPS) is 16.7. The van der Waals surface area contributed by atoms with Gasteiger partial charge in [-0.2, -0.15) is 0 Å². The third kappa shape index (κ3) is 4.61. The molecule has 1 amide bonds. The van der Waals surface area contributed by atoms with Crippen LogP contribution in [-0.4, -0.2) is 50.4 Å². The fraction of sp³-hybridized carbons (Fsp3) is 0.500. The van der Waals surface area contributed by atoms with Crippen LogP contribution >= 0.6 is 0 Å². The fourth-order valence-corrected chi connectivity index (χ4v) is 4.52. The summed E-state index contributed by atoms with van der Waals surface area (Å²) in [5.74, 6) is 1.35. The second-order valence-electron chi connectivity index (χ2n) is 9.19. The van der Waals surface area contributed by atoms with Crippen molar-refractivity contribution in [2.45, 2.75) is 40.0 Å². The van der Waals surface area contributed by atoms with Gasteiger partial charge in [-0.05, 0) is 55.8 Å². The minimum absolute atomic E-state index is 0.0936. The lowest BCUT2D eigenvalue weighted by atomic mass is 9.75. The highest BCUT2D eigenvalue weighted by Gasteiger charge is 2.39. The average Bonchev–Trinajstić information content (AvgIpc) is 3.20. The van der Waals surface area contributed by atoms with E-state index >= 15 is 0 Å². The summed E-state index contributed by atoms with van der Waals surface area (Å²) < 4.78 is 1.69. The number of likely N-dealkylation sites (tertiary alicyclic amines) is 1. The smallest absolute Gasteiger partial charge is 0.231 e. The summed E-state index contributed by atoms with van der Waals surface area (Å²) >= 11 is 0. The molecule has 0 radical (unpaired) electrons. The highest BCUT2D eigenvalue weighted by molar-refractivity contribution is 5.97. The minimum Gasteiger partial charge on any atom is -0.310 e. The Balaban J connectivity index is 1.51. The van der Waals surface area contributed by atoms with E-state index in [9.17, 15) is 4.79 Å². The highest BCUT2D eigenvalue weighted by Crippen LogP contribution is 2.36. The van der Waals surface area contributed by atoms with Gasteiger partial charge < -0.3 is 10.2 Å². The first-order valence-electron chi connectivity index (χ1n) is 11.2. The molecule has 7 nitrogen and oxygen atoms in total. The van der Waals surface area contributed by atoms with Crippen LogP contribution in [-0.2, 0) is 11.8 Å². The van der Waals surface area contributed by atoms with E-state index in [0.717, 1.165) is 60.9 Å². The molecular weight excluding hydrogens is 388 g/mol. The average molecular weight is 421 g/mol. The Labute approximate surface area is 183 Å². The first-order valence-corrected chi connectivity index (χ1v) is 11.2. The van der Waals surface area contributed by atoms with Crippen molar-refractivity contribution in [3.05, 3.63) is 36.7 Å². The predicted octanol–water partition coefficient (Wildman–Crippen LogP) is 4.12. The van der Waals surface area contributed by atoms with Crippen LogP contribution in [0.1, 0.15) is 40.0 Å². The minimum atomic E-state index is -0.314. The number of rotatable bonds is 6. The quantitative estimate of drug-likeness (QED) is 0.649. The van der Waals surface area contributed by atoms with Gasteiger partial charge >= 0.3 is 0 Å². The number of piperidine rings is 1. The summed E-state index contributed by atoms with van der Waals surface area (Å²) in [5.41, 5.74) is 1.50. The molecule has 1 aromatic carbocycles. The second-order valence-corrected chi connectivity index (χ2v) is 9.19. The van der Waals surface area contributed by atoms with Gasteiger partial charge in [0.05, 0.1) is 11.6 Å². The van der Waals surface area contributed by atoms with Crippen LogP contribution in [0.2, 0.25) is 0 Å². The fourth-order valence-electron chi connectivity index (χ4n) is 4.52. The number of nitrogens with one attached hydrogen (secondary N) is 1. The lowest BCUT2D eigenvalue weighted by molar-refractivity contribution is -0.128. The lowest BCUT2D eigenvalue weighted by Crippen LogP contribution is -2.47. The number of aryl methyl sites for hydroxylation is 1. The van der Waals surface area contributed by atoms with Gasteiger partial charge in [0.15, 0.2) is 0 Å². The zero-order valence-corrected chi connectivity index (χ0v) is 18.9. The molecular formula is C24H32N6O. The molecule has 0 unspecified atom stereocenters. The number of anilines is 1. The van der Waals surface area contributed by atoms with E-state index in [4.69, 9.17) is 0 Å². The van der Waals surface area contributed by atoms with Crippen LogP contribution in [0.15, 0.2) is 36.7 Å². The van der Waals surface area contributed by atoms with E-state index in [1.54, 1.807) is 4.68 Å². The number of benzene rings is 1.